The lowest BCUT2D eigenvalue weighted by atomic mass is 10.1. The molecular formula is C20H26N3O2+. The van der Waals surface area contributed by atoms with Crippen LogP contribution in [0.1, 0.15) is 22.8 Å². The van der Waals surface area contributed by atoms with Crippen molar-refractivity contribution in [2.24, 2.45) is 0 Å². The number of hydrogen-bond donors (Lipinski definition) is 2. The molecule has 25 heavy (non-hydrogen) atoms. The summed E-state index contributed by atoms with van der Waals surface area (Å²) in [6, 6.07) is 17.0. The first-order chi connectivity index (χ1) is 11.9. The van der Waals surface area contributed by atoms with Crippen molar-refractivity contribution in [1.29, 1.82) is 0 Å². The van der Waals surface area contributed by atoms with Crippen molar-refractivity contribution >= 4 is 17.5 Å². The molecule has 0 bridgehead atoms. The first-order valence-corrected chi connectivity index (χ1v) is 8.40. The average Bonchev–Trinajstić information content (AvgIpc) is 2.66. The van der Waals surface area contributed by atoms with Crippen molar-refractivity contribution in [3.63, 3.8) is 0 Å². The third-order valence-electron chi connectivity index (χ3n) is 4.51. The number of para-hydroxylation sites is 1. The summed E-state index contributed by atoms with van der Waals surface area (Å²) in [7, 11) is 5.43. The molecule has 0 radical (unpaired) electrons. The SMILES string of the molecule is CNC(=O)c1ccc(C[NH+](C)[C@@H](C)C(=O)N(C)c2ccccc2)cc1. The number of quaternary nitrogens is 1. The minimum Gasteiger partial charge on any atom is -0.355 e. The van der Waals surface area contributed by atoms with Crippen LogP contribution in [-0.4, -0.2) is 39.0 Å². The molecule has 2 aromatic carbocycles. The average molecular weight is 340 g/mol. The highest BCUT2D eigenvalue weighted by Crippen LogP contribution is 2.11. The summed E-state index contributed by atoms with van der Waals surface area (Å²) >= 11 is 0. The minimum absolute atomic E-state index is 0.0747. The molecule has 0 aromatic heterocycles. The molecule has 132 valence electrons. The van der Waals surface area contributed by atoms with Crippen LogP contribution < -0.4 is 15.1 Å². The zero-order valence-electron chi connectivity index (χ0n) is 15.2. The predicted octanol–water partition coefficient (Wildman–Crippen LogP) is 1.11. The van der Waals surface area contributed by atoms with Crippen LogP contribution in [0.3, 0.4) is 0 Å². The minimum atomic E-state index is -0.177. The molecule has 5 heteroatoms. The van der Waals surface area contributed by atoms with Gasteiger partial charge in [-0.05, 0) is 31.2 Å². The maximum absolute atomic E-state index is 12.7. The van der Waals surface area contributed by atoms with Gasteiger partial charge in [0.25, 0.3) is 11.8 Å². The van der Waals surface area contributed by atoms with Crippen LogP contribution in [0.4, 0.5) is 5.69 Å². The Bertz CT molecular complexity index is 713. The third kappa shape index (κ3) is 4.67. The Kier molecular flexibility index (Phi) is 6.31. The molecule has 0 aliphatic rings. The number of amides is 2. The van der Waals surface area contributed by atoms with Gasteiger partial charge in [0.05, 0.1) is 7.05 Å². The normalized spacial score (nSPS) is 13.0. The van der Waals surface area contributed by atoms with Crippen LogP contribution in [0.5, 0.6) is 0 Å². The van der Waals surface area contributed by atoms with Crippen LogP contribution in [0.2, 0.25) is 0 Å². The molecule has 2 aromatic rings. The fourth-order valence-corrected chi connectivity index (χ4v) is 2.67. The maximum atomic E-state index is 12.7. The van der Waals surface area contributed by atoms with Crippen molar-refractivity contribution in [2.75, 3.05) is 26.0 Å². The number of nitrogens with one attached hydrogen (secondary N) is 2. The monoisotopic (exact) mass is 340 g/mol. The summed E-state index contributed by atoms with van der Waals surface area (Å²) in [5.74, 6) is -0.0223. The van der Waals surface area contributed by atoms with Crippen molar-refractivity contribution in [2.45, 2.75) is 19.5 Å². The highest BCUT2D eigenvalue weighted by molar-refractivity contribution is 5.95. The smallest absolute Gasteiger partial charge is 0.284 e. The molecule has 5 nitrogen and oxygen atoms in total. The fourth-order valence-electron chi connectivity index (χ4n) is 2.67. The van der Waals surface area contributed by atoms with E-state index in [4.69, 9.17) is 0 Å². The van der Waals surface area contributed by atoms with E-state index in [0.29, 0.717) is 12.1 Å². The topological polar surface area (TPSA) is 53.9 Å². The molecule has 0 spiro atoms. The van der Waals surface area contributed by atoms with Gasteiger partial charge in [-0.2, -0.15) is 0 Å². The molecule has 0 heterocycles. The van der Waals surface area contributed by atoms with Gasteiger partial charge in [-0.1, -0.05) is 30.3 Å². The molecule has 0 saturated heterocycles. The summed E-state index contributed by atoms with van der Waals surface area (Å²) < 4.78 is 0. The van der Waals surface area contributed by atoms with Crippen molar-refractivity contribution in [3.8, 4) is 0 Å². The second-order valence-electron chi connectivity index (χ2n) is 6.25. The number of rotatable bonds is 6. The van der Waals surface area contributed by atoms with Crippen molar-refractivity contribution < 1.29 is 14.5 Å². The Balaban J connectivity index is 2.00. The van der Waals surface area contributed by atoms with Gasteiger partial charge in [0.1, 0.15) is 6.54 Å². The number of benzene rings is 2. The number of carbonyl (C=O) groups is 2. The van der Waals surface area contributed by atoms with Crippen molar-refractivity contribution in [3.05, 3.63) is 65.7 Å². The fraction of sp³-hybridized carbons (Fsp3) is 0.300. The molecule has 1 unspecified atom stereocenters. The van der Waals surface area contributed by atoms with Gasteiger partial charge in [-0.15, -0.1) is 0 Å². The Hall–Kier alpha value is -2.66. The van der Waals surface area contributed by atoms with Crippen LogP contribution in [0, 0.1) is 0 Å². The van der Waals surface area contributed by atoms with Gasteiger partial charge in [-0.3, -0.25) is 9.59 Å². The summed E-state index contributed by atoms with van der Waals surface area (Å²) in [4.78, 5) is 27.1. The molecule has 2 amide bonds. The molecule has 0 aliphatic carbocycles. The molecule has 0 saturated carbocycles. The van der Waals surface area contributed by atoms with E-state index in [1.807, 2.05) is 68.6 Å². The van der Waals surface area contributed by atoms with E-state index < -0.39 is 0 Å². The Morgan fingerprint density at radius 2 is 1.68 bits per heavy atom. The van der Waals surface area contributed by atoms with Crippen LogP contribution in [-0.2, 0) is 11.3 Å². The lowest BCUT2D eigenvalue weighted by molar-refractivity contribution is -0.908. The summed E-state index contributed by atoms with van der Waals surface area (Å²) in [5.41, 5.74) is 2.62. The largest absolute Gasteiger partial charge is 0.355 e. The zero-order valence-corrected chi connectivity index (χ0v) is 15.2. The van der Waals surface area contributed by atoms with Gasteiger partial charge in [-0.25, -0.2) is 0 Å². The van der Waals surface area contributed by atoms with Crippen LogP contribution >= 0.6 is 0 Å². The molecule has 2 atom stereocenters. The van der Waals surface area contributed by atoms with Crippen LogP contribution in [0.15, 0.2) is 54.6 Å². The van der Waals surface area contributed by atoms with E-state index >= 15 is 0 Å². The Morgan fingerprint density at radius 1 is 1.08 bits per heavy atom. The van der Waals surface area contributed by atoms with Crippen molar-refractivity contribution in [1.82, 2.24) is 5.32 Å². The highest BCUT2D eigenvalue weighted by atomic mass is 16.2. The van der Waals surface area contributed by atoms with Crippen LogP contribution in [0.25, 0.3) is 0 Å². The molecular weight excluding hydrogens is 314 g/mol. The van der Waals surface area contributed by atoms with Gasteiger partial charge < -0.3 is 15.1 Å². The predicted molar refractivity (Wildman–Crippen MR) is 99.7 cm³/mol. The maximum Gasteiger partial charge on any atom is 0.284 e. The highest BCUT2D eigenvalue weighted by Gasteiger charge is 2.25. The van der Waals surface area contributed by atoms with Gasteiger partial charge in [0.2, 0.25) is 0 Å². The quantitative estimate of drug-likeness (QED) is 0.828. The number of likely N-dealkylation sites (N-methyl/N-ethyl adjacent to an activating group) is 2. The molecule has 2 rings (SSSR count). The molecule has 0 fully saturated rings. The Labute approximate surface area is 149 Å². The number of hydrogen-bond acceptors (Lipinski definition) is 2. The van der Waals surface area contributed by atoms with E-state index in [0.717, 1.165) is 16.2 Å². The summed E-state index contributed by atoms with van der Waals surface area (Å²) in [5, 5.41) is 2.61. The van der Waals surface area contributed by atoms with E-state index in [-0.39, 0.29) is 17.9 Å². The standard InChI is InChI=1S/C20H25N3O2/c1-15(20(25)23(4)18-8-6-5-7-9-18)22(3)14-16-10-12-17(13-11-16)19(24)21-2/h5-13,15H,14H2,1-4H3,(H,21,24)/p+1/t15-/m0/s1. The Morgan fingerprint density at radius 3 is 2.24 bits per heavy atom. The first kappa shape index (κ1) is 18.7. The van der Waals surface area contributed by atoms with Gasteiger partial charge in [0.15, 0.2) is 6.04 Å². The first-order valence-electron chi connectivity index (χ1n) is 8.40. The number of nitrogens with zero attached hydrogens (tertiary/aromatic N) is 1. The van der Waals surface area contributed by atoms with E-state index in [1.54, 1.807) is 19.0 Å². The summed E-state index contributed by atoms with van der Waals surface area (Å²) in [6.07, 6.45) is 0. The summed E-state index contributed by atoms with van der Waals surface area (Å²) in [6.45, 7) is 2.65. The van der Waals surface area contributed by atoms with E-state index in [2.05, 4.69) is 5.32 Å². The van der Waals surface area contributed by atoms with Gasteiger partial charge in [0, 0.05) is 30.9 Å². The second kappa shape index (κ2) is 8.44. The van der Waals surface area contributed by atoms with Gasteiger partial charge >= 0.3 is 0 Å². The number of anilines is 1. The zero-order chi connectivity index (χ0) is 18.4. The number of carbonyl (C=O) groups excluding carboxylic acids is 2. The lowest BCUT2D eigenvalue weighted by Crippen LogP contribution is -3.12. The lowest BCUT2D eigenvalue weighted by Gasteiger charge is -2.26. The third-order valence-corrected chi connectivity index (χ3v) is 4.51. The molecule has 2 N–H and O–H groups in total. The van der Waals surface area contributed by atoms with E-state index in [9.17, 15) is 9.59 Å². The molecule has 0 aliphatic heterocycles. The van der Waals surface area contributed by atoms with E-state index in [1.165, 1.54) is 0 Å². The second-order valence-corrected chi connectivity index (χ2v) is 6.25.